The fourth-order valence-corrected chi connectivity index (χ4v) is 6.80. The van der Waals surface area contributed by atoms with Gasteiger partial charge in [-0.2, -0.15) is 13.2 Å². The Balaban J connectivity index is 0.00000387. The first-order chi connectivity index (χ1) is 18.9. The highest BCUT2D eigenvalue weighted by Gasteiger charge is 2.54. The van der Waals surface area contributed by atoms with Gasteiger partial charge in [0.15, 0.2) is 12.2 Å². The number of halogens is 4. The molecule has 2 aromatic rings. The summed E-state index contributed by atoms with van der Waals surface area (Å²) >= 11 is 1.46. The number of rotatable bonds is 6. The number of para-hydroxylation sites is 1. The van der Waals surface area contributed by atoms with E-state index >= 15 is 0 Å². The van der Waals surface area contributed by atoms with Gasteiger partial charge in [0.1, 0.15) is 12.2 Å². The number of hydrogen-bond acceptors (Lipinski definition) is 8. The molecule has 0 bridgehead atoms. The molecule has 4 N–H and O–H groups in total. The zero-order valence-electron chi connectivity index (χ0n) is 22.2. The van der Waals surface area contributed by atoms with Crippen LogP contribution in [0.25, 0.3) is 0 Å². The maximum absolute atomic E-state index is 13.5. The Kier molecular flexibility index (Phi) is 9.51. The van der Waals surface area contributed by atoms with Crippen molar-refractivity contribution in [3.63, 3.8) is 0 Å². The molecule has 5 rings (SSSR count). The van der Waals surface area contributed by atoms with Crippen LogP contribution in [0.4, 0.5) is 24.5 Å². The second-order valence-corrected chi connectivity index (χ2v) is 11.9. The summed E-state index contributed by atoms with van der Waals surface area (Å²) in [6.45, 7) is 3.45. The number of alkyl halides is 3. The van der Waals surface area contributed by atoms with E-state index in [2.05, 4.69) is 4.90 Å². The number of carbonyl (C=O) groups is 1. The summed E-state index contributed by atoms with van der Waals surface area (Å²) in [6.07, 6.45) is -11.2. The van der Waals surface area contributed by atoms with Crippen LogP contribution in [-0.4, -0.2) is 113 Å². The molecule has 2 fully saturated rings. The third-order valence-electron chi connectivity index (χ3n) is 8.11. The van der Waals surface area contributed by atoms with Gasteiger partial charge in [-0.3, -0.25) is 9.38 Å². The van der Waals surface area contributed by atoms with Crippen LogP contribution in [0.5, 0.6) is 0 Å². The van der Waals surface area contributed by atoms with E-state index in [0.29, 0.717) is 51.4 Å². The normalized spacial score (nSPS) is 27.9. The minimum atomic E-state index is -4.44. The zero-order chi connectivity index (χ0) is 28.8. The first-order valence-electron chi connectivity index (χ1n) is 13.1. The molecule has 0 amide bonds. The van der Waals surface area contributed by atoms with Crippen molar-refractivity contribution in [2.75, 3.05) is 51.2 Å². The molecule has 226 valence electrons. The predicted molar refractivity (Wildman–Crippen MR) is 140 cm³/mol. The number of ether oxygens (including phenoxy) is 1. The van der Waals surface area contributed by atoms with Gasteiger partial charge in [0, 0.05) is 36.0 Å². The Morgan fingerprint density at radius 2 is 1.66 bits per heavy atom. The van der Waals surface area contributed by atoms with Crippen molar-refractivity contribution in [1.29, 1.82) is 0 Å². The van der Waals surface area contributed by atoms with Crippen LogP contribution in [-0.2, 0) is 15.7 Å². The number of anilines is 2. The molecule has 41 heavy (non-hydrogen) atoms. The summed E-state index contributed by atoms with van der Waals surface area (Å²) in [5.74, 6) is -1.41. The van der Waals surface area contributed by atoms with E-state index in [9.17, 15) is 38.4 Å². The highest BCUT2D eigenvalue weighted by atomic mass is 35.5. The number of aliphatic hydroxyl groups is 3. The van der Waals surface area contributed by atoms with Gasteiger partial charge in [0.25, 0.3) is 0 Å². The second kappa shape index (κ2) is 12.3. The lowest BCUT2D eigenvalue weighted by Crippen LogP contribution is -3.00. The highest BCUT2D eigenvalue weighted by Crippen LogP contribution is 2.49. The quantitative estimate of drug-likeness (QED) is 0.314. The lowest BCUT2D eigenvalue weighted by molar-refractivity contribution is -0.964. The Hall–Kier alpha value is -2.10. The third kappa shape index (κ3) is 6.32. The van der Waals surface area contributed by atoms with Crippen molar-refractivity contribution in [2.45, 2.75) is 53.0 Å². The van der Waals surface area contributed by atoms with Crippen molar-refractivity contribution in [3.8, 4) is 0 Å². The van der Waals surface area contributed by atoms with Gasteiger partial charge in [-0.25, -0.2) is 4.79 Å². The predicted octanol–water partition coefficient (Wildman–Crippen LogP) is -0.643. The number of quaternary nitrogens is 1. The average molecular weight is 620 g/mol. The molecular formula is C27H33ClF3N3O6S. The number of nitrogens with zero attached hydrogens (tertiary/aromatic N) is 3. The summed E-state index contributed by atoms with van der Waals surface area (Å²) in [5, 5.41) is 40.2. The third-order valence-corrected chi connectivity index (χ3v) is 9.24. The maximum atomic E-state index is 13.5. The smallest absolute Gasteiger partial charge is 0.416 e. The molecule has 0 spiro atoms. The van der Waals surface area contributed by atoms with E-state index in [1.54, 1.807) is 0 Å². The molecule has 2 saturated heterocycles. The Morgan fingerprint density at radius 3 is 2.32 bits per heavy atom. The van der Waals surface area contributed by atoms with Crippen molar-refractivity contribution in [1.82, 2.24) is 4.90 Å². The summed E-state index contributed by atoms with van der Waals surface area (Å²) in [5.41, 5.74) is 0.733. The molecule has 0 unspecified atom stereocenters. The molecule has 3 heterocycles. The summed E-state index contributed by atoms with van der Waals surface area (Å²) in [6, 6.07) is 11.5. The number of fused-ring (bicyclic) bond motifs is 2. The molecule has 0 saturated carbocycles. The molecule has 5 atom stereocenters. The van der Waals surface area contributed by atoms with Crippen molar-refractivity contribution in [3.05, 3.63) is 48.0 Å². The topological polar surface area (TPSA) is 114 Å². The van der Waals surface area contributed by atoms with Crippen LogP contribution in [0.15, 0.2) is 52.3 Å². The standard InChI is InChI=1S/C27H32F3N3O6S.ClH/c1-33(25-23(36)21(34)22(35)24(39-25)26(37)38)13-11-31(12-14-33)9-4-10-32-17-5-2-3-6-19(17)40-20-8-7-16(15-18(20)32)27(28,29)30;/h2-3,5-8,15,21-25,34-36H,4,9-14H2,1H3;1H/t21-,22-,23+,24-,25+;/m0./s1. The first kappa shape index (κ1) is 31.8. The average Bonchev–Trinajstić information content (AvgIpc) is 2.91. The van der Waals surface area contributed by atoms with Gasteiger partial charge in [-0.15, -0.1) is 0 Å². The minimum absolute atomic E-state index is 0. The maximum Gasteiger partial charge on any atom is 0.416 e. The van der Waals surface area contributed by atoms with E-state index in [1.165, 1.54) is 23.9 Å². The van der Waals surface area contributed by atoms with E-state index in [0.717, 1.165) is 21.5 Å². The summed E-state index contributed by atoms with van der Waals surface area (Å²) in [4.78, 5) is 17.4. The van der Waals surface area contributed by atoms with E-state index in [1.807, 2.05) is 36.2 Å². The van der Waals surface area contributed by atoms with E-state index in [-0.39, 0.29) is 16.9 Å². The van der Waals surface area contributed by atoms with Crippen LogP contribution in [0.1, 0.15) is 12.0 Å². The fourth-order valence-electron chi connectivity index (χ4n) is 5.72. The van der Waals surface area contributed by atoms with Gasteiger partial charge in [0.2, 0.25) is 6.23 Å². The van der Waals surface area contributed by atoms with Crippen molar-refractivity contribution in [2.24, 2.45) is 0 Å². The molecule has 0 aliphatic carbocycles. The van der Waals surface area contributed by atoms with E-state index < -0.39 is 48.4 Å². The van der Waals surface area contributed by atoms with Gasteiger partial charge in [-0.05, 0) is 36.8 Å². The molecule has 14 heteroatoms. The summed E-state index contributed by atoms with van der Waals surface area (Å²) < 4.78 is 46.2. The molecule has 0 radical (unpaired) electrons. The van der Waals surface area contributed by atoms with Crippen LogP contribution in [0.2, 0.25) is 0 Å². The van der Waals surface area contributed by atoms with Gasteiger partial charge in [-0.1, -0.05) is 23.9 Å². The van der Waals surface area contributed by atoms with Crippen LogP contribution >= 0.6 is 11.8 Å². The summed E-state index contributed by atoms with van der Waals surface area (Å²) in [7, 11) is 1.83. The number of aliphatic hydroxyl groups excluding tert-OH is 3. The number of carboxylic acids is 1. The molecule has 3 aliphatic heterocycles. The van der Waals surface area contributed by atoms with Gasteiger partial charge < -0.3 is 42.5 Å². The van der Waals surface area contributed by atoms with Gasteiger partial charge >= 0.3 is 12.1 Å². The van der Waals surface area contributed by atoms with Crippen molar-refractivity contribution < 1.29 is 60.0 Å². The van der Waals surface area contributed by atoms with E-state index in [4.69, 9.17) is 4.74 Å². The number of likely N-dealkylation sites (N-methyl/N-ethyl adjacent to an activating group) is 1. The SMILES string of the molecule is C[N+]1([C@@H]2O[C@H](C(=O)O)[C@@H](O)[C@H](O)[C@H]2O)CCN(CCCN2c3ccccc3Sc3ccc(C(F)(F)F)cc32)CC1.[Cl-]. The van der Waals surface area contributed by atoms with Crippen LogP contribution in [0.3, 0.4) is 0 Å². The number of hydrogen-bond donors (Lipinski definition) is 4. The van der Waals surface area contributed by atoms with Crippen molar-refractivity contribution >= 4 is 29.1 Å². The number of aliphatic carboxylic acids is 1. The second-order valence-electron chi connectivity index (χ2n) is 10.8. The van der Waals surface area contributed by atoms with Gasteiger partial charge in [0.05, 0.1) is 37.1 Å². The lowest BCUT2D eigenvalue weighted by Gasteiger charge is -2.51. The Bertz CT molecular complexity index is 1250. The monoisotopic (exact) mass is 619 g/mol. The largest absolute Gasteiger partial charge is 1.00 e. The minimum Gasteiger partial charge on any atom is -1.00 e. The molecule has 3 aliphatic rings. The lowest BCUT2D eigenvalue weighted by atomic mass is 9.96. The number of carboxylic acid groups (broad SMARTS) is 1. The zero-order valence-corrected chi connectivity index (χ0v) is 23.8. The Morgan fingerprint density at radius 1 is 1.00 bits per heavy atom. The molecule has 0 aromatic heterocycles. The number of piperazine rings is 1. The molecule has 2 aromatic carbocycles. The first-order valence-corrected chi connectivity index (χ1v) is 14.0. The molecular weight excluding hydrogens is 587 g/mol. The Labute approximate surface area is 246 Å². The fraction of sp³-hybridized carbons (Fsp3) is 0.519. The highest BCUT2D eigenvalue weighted by molar-refractivity contribution is 7.99. The van der Waals surface area contributed by atoms with Crippen LogP contribution < -0.4 is 17.3 Å². The van der Waals surface area contributed by atoms with Crippen LogP contribution in [0, 0.1) is 0 Å². The number of benzene rings is 2. The molecule has 9 nitrogen and oxygen atoms in total.